The van der Waals surface area contributed by atoms with Crippen molar-refractivity contribution in [1.29, 1.82) is 0 Å². The predicted molar refractivity (Wildman–Crippen MR) is 273 cm³/mol. The molecule has 0 saturated heterocycles. The van der Waals surface area contributed by atoms with Crippen molar-refractivity contribution in [3.63, 3.8) is 0 Å². The maximum atomic E-state index is 8.50. The van der Waals surface area contributed by atoms with Crippen molar-refractivity contribution >= 4 is 65.4 Å². The molecule has 8 saturated carbocycles. The maximum absolute atomic E-state index is 8.50. The van der Waals surface area contributed by atoms with Crippen LogP contribution in [0.5, 0.6) is 0 Å². The molecule has 10 nitrogen and oxygen atoms in total. The molecule has 14 bridgehead atoms. The number of hydrogen-bond acceptors (Lipinski definition) is 8. The van der Waals surface area contributed by atoms with E-state index in [1.54, 1.807) is 0 Å². The van der Waals surface area contributed by atoms with E-state index in [2.05, 4.69) is 133 Å². The molecule has 4 unspecified atom stereocenters. The second-order valence-corrected chi connectivity index (χ2v) is 28.1. The predicted octanol–water partition coefficient (Wildman–Crippen LogP) is 11.4. The Morgan fingerprint density at radius 3 is 1.14 bits per heavy atom. The molecule has 8 aliphatic carbocycles. The average Bonchev–Trinajstić information content (AvgIpc) is 4.01. The molecule has 4 aromatic carbocycles. The van der Waals surface area contributed by atoms with Crippen molar-refractivity contribution < 1.29 is 8.85 Å². The standard InChI is InChI=1S/C58H58N8O2Si/c1-53-21-35-22-54(2,27-53)30-57(25-35,29-53)33-67-69(68-34-58-26-36-23-55(3,31-58)28-56(4,24-36)32-58)65-49-41-17-9-10-18-42(41)51(65)63-47-39-15-7-8-16-40(39)48(60-47)64-52-44-20-12-11-19-43(44)50(66(52)69)62-46-38-14-6-5-13-37(38)45(59-46)61-49/h5-20,35-36H,21-34H2,1-4H3/b61-45-,61-49?,62-46?,62-50-,63-47-,63-51?,64-48?,64-52-. The van der Waals surface area contributed by atoms with Gasteiger partial charge in [-0.3, -0.25) is 8.47 Å². The Labute approximate surface area is 403 Å². The zero-order valence-electron chi connectivity index (χ0n) is 40.2. The summed E-state index contributed by atoms with van der Waals surface area (Å²) >= 11 is 0. The molecule has 18 rings (SSSR count). The van der Waals surface area contributed by atoms with Crippen molar-refractivity contribution in [2.45, 2.75) is 105 Å². The maximum Gasteiger partial charge on any atom is 0.603 e. The Bertz CT molecular complexity index is 3350. The molecule has 4 aliphatic heterocycles. The average molecular weight is 927 g/mol. The van der Waals surface area contributed by atoms with Gasteiger partial charge >= 0.3 is 8.88 Å². The van der Waals surface area contributed by atoms with Crippen LogP contribution in [0.15, 0.2) is 127 Å². The Balaban J connectivity index is 1.06. The van der Waals surface area contributed by atoms with E-state index < -0.39 is 8.88 Å². The van der Waals surface area contributed by atoms with Gasteiger partial charge in [0, 0.05) is 57.0 Å². The molecule has 2 aromatic heterocycles. The van der Waals surface area contributed by atoms with E-state index in [9.17, 15) is 0 Å². The summed E-state index contributed by atoms with van der Waals surface area (Å²) in [7, 11) is -4.29. The molecule has 69 heavy (non-hydrogen) atoms. The number of benzene rings is 4. The Morgan fingerprint density at radius 2 is 0.768 bits per heavy atom. The van der Waals surface area contributed by atoms with Gasteiger partial charge in [0.15, 0.2) is 23.3 Å². The van der Waals surface area contributed by atoms with Crippen molar-refractivity contribution in [2.75, 3.05) is 13.2 Å². The molecule has 346 valence electrons. The van der Waals surface area contributed by atoms with Crippen molar-refractivity contribution in [1.82, 2.24) is 8.47 Å². The smallest absolute Gasteiger partial charge is 0.360 e. The van der Waals surface area contributed by atoms with Crippen LogP contribution < -0.4 is 11.0 Å². The zero-order chi connectivity index (χ0) is 45.9. The first-order valence-corrected chi connectivity index (χ1v) is 27.6. The molecule has 0 N–H and O–H groups in total. The normalized spacial score (nSPS) is 39.1. The molecule has 0 spiro atoms. The number of aliphatic imine (C=N–C) groups is 4. The molecule has 6 aromatic rings. The molecular weight excluding hydrogens is 869 g/mol. The van der Waals surface area contributed by atoms with Crippen molar-refractivity contribution in [3.05, 3.63) is 130 Å². The van der Waals surface area contributed by atoms with Crippen LogP contribution in [0.1, 0.15) is 127 Å². The molecule has 11 heteroatoms. The van der Waals surface area contributed by atoms with E-state index in [0.717, 1.165) is 92.1 Å². The molecule has 12 aliphatic rings. The fourth-order valence-electron chi connectivity index (χ4n) is 18.9. The van der Waals surface area contributed by atoms with E-state index >= 15 is 0 Å². The molecule has 6 heterocycles. The summed E-state index contributed by atoms with van der Waals surface area (Å²) in [5, 5.41) is 3.90. The number of fused-ring (bicyclic) bond motifs is 14. The lowest BCUT2D eigenvalue weighted by molar-refractivity contribution is -0.168. The fourth-order valence-corrected chi connectivity index (χ4v) is 22.5. The van der Waals surface area contributed by atoms with Gasteiger partial charge < -0.3 is 8.85 Å². The van der Waals surface area contributed by atoms with Crippen molar-refractivity contribution in [3.8, 4) is 0 Å². The lowest BCUT2D eigenvalue weighted by Crippen LogP contribution is -2.67. The first kappa shape index (κ1) is 40.1. The third kappa shape index (κ3) is 5.55. The first-order valence-electron chi connectivity index (χ1n) is 25.8. The van der Waals surface area contributed by atoms with Crippen LogP contribution in [-0.4, -0.2) is 53.9 Å². The summed E-state index contributed by atoms with van der Waals surface area (Å²) in [6.45, 7) is 11.5. The lowest BCUT2D eigenvalue weighted by Gasteiger charge is -2.66. The minimum Gasteiger partial charge on any atom is -0.360 e. The van der Waals surface area contributed by atoms with Gasteiger partial charge in [-0.15, -0.1) is 0 Å². The second-order valence-electron chi connectivity index (χ2n) is 25.5. The van der Waals surface area contributed by atoms with Gasteiger partial charge in [0.2, 0.25) is 0 Å². The third-order valence-electron chi connectivity index (χ3n) is 18.9. The van der Waals surface area contributed by atoms with E-state index in [0.29, 0.717) is 70.1 Å². The Morgan fingerprint density at radius 1 is 0.420 bits per heavy atom. The Hall–Kier alpha value is -5.62. The van der Waals surface area contributed by atoms with Crippen LogP contribution >= 0.6 is 0 Å². The van der Waals surface area contributed by atoms with Gasteiger partial charge in [0.1, 0.15) is 22.6 Å². The summed E-state index contributed by atoms with van der Waals surface area (Å²) in [5.41, 5.74) is 6.46. The zero-order valence-corrected chi connectivity index (χ0v) is 41.2. The summed E-state index contributed by atoms with van der Waals surface area (Å²) in [5.74, 6) is 5.41. The number of rotatable bonds is 6. The molecule has 4 atom stereocenters. The number of hydrogen-bond donors (Lipinski definition) is 0. The van der Waals surface area contributed by atoms with Crippen LogP contribution in [0.4, 0.5) is 11.6 Å². The van der Waals surface area contributed by atoms with Crippen LogP contribution in [0.3, 0.4) is 0 Å². The summed E-state index contributed by atoms with van der Waals surface area (Å²) in [6.07, 6.45) is 14.9. The molecular formula is C58H58N8O2Si. The fraction of sp³-hybridized carbons (Fsp3) is 0.448. The summed E-state index contributed by atoms with van der Waals surface area (Å²) in [6, 6.07) is 34.1. The number of amidine groups is 4. The van der Waals surface area contributed by atoms with Gasteiger partial charge in [-0.05, 0) is 121 Å². The van der Waals surface area contributed by atoms with Gasteiger partial charge in [-0.1, -0.05) is 125 Å². The Kier molecular flexibility index (Phi) is 7.57. The highest BCUT2D eigenvalue weighted by Crippen LogP contribution is 2.71. The SMILES string of the molecule is CC12CC3CC(C)(C1)CC(CO[Si]1(OCC45CC6CC(C)(CC(C)(C6)C4)C5)n4c5c6ccccc6c4/N=C4N=C(/N=c6/c7ccccc7/c(n61)=N/C1=NC(=N\5)/c5ccccc51)c1ccccc1\4)(C3)C2. The summed E-state index contributed by atoms with van der Waals surface area (Å²) in [4.78, 5) is 33.8. The van der Waals surface area contributed by atoms with Gasteiger partial charge in [-0.25, -0.2) is 30.0 Å². The van der Waals surface area contributed by atoms with E-state index in [1.807, 2.05) is 0 Å². The van der Waals surface area contributed by atoms with Crippen LogP contribution in [0, 0.1) is 44.3 Å². The highest BCUT2D eigenvalue weighted by atomic mass is 28.4. The number of aromatic nitrogens is 2. The van der Waals surface area contributed by atoms with Gasteiger partial charge in [0.05, 0.1) is 0 Å². The largest absolute Gasteiger partial charge is 0.603 e. The quantitative estimate of drug-likeness (QED) is 0.155. The van der Waals surface area contributed by atoms with Gasteiger partial charge in [0.25, 0.3) is 0 Å². The van der Waals surface area contributed by atoms with Gasteiger partial charge in [-0.2, -0.15) is 0 Å². The van der Waals surface area contributed by atoms with E-state index in [4.69, 9.17) is 38.8 Å². The highest BCUT2D eigenvalue weighted by molar-refractivity contribution is 6.66. The molecule has 8 fully saturated rings. The minimum atomic E-state index is -4.29. The van der Waals surface area contributed by atoms with Crippen molar-refractivity contribution in [2.24, 2.45) is 74.3 Å². The molecule has 0 amide bonds. The monoisotopic (exact) mass is 926 g/mol. The van der Waals surface area contributed by atoms with Crippen LogP contribution in [0.2, 0.25) is 0 Å². The third-order valence-corrected chi connectivity index (χ3v) is 22.0. The highest BCUT2D eigenvalue weighted by Gasteiger charge is 2.64. The lowest BCUT2D eigenvalue weighted by atomic mass is 9.40. The topological polar surface area (TPSA) is 102 Å². The van der Waals surface area contributed by atoms with Crippen LogP contribution in [-0.2, 0) is 8.85 Å². The number of nitrogens with zero attached hydrogens (tertiary/aromatic N) is 8. The first-order chi connectivity index (χ1) is 33.3. The second kappa shape index (κ2) is 13.0. The van der Waals surface area contributed by atoms with E-state index in [1.165, 1.54) is 51.4 Å². The summed E-state index contributed by atoms with van der Waals surface area (Å²) < 4.78 is 21.7. The minimum absolute atomic E-state index is 0.00905. The van der Waals surface area contributed by atoms with E-state index in [-0.39, 0.29) is 10.8 Å². The molecule has 0 radical (unpaired) electrons. The van der Waals surface area contributed by atoms with Crippen LogP contribution in [0.25, 0.3) is 21.5 Å².